The van der Waals surface area contributed by atoms with E-state index in [1.165, 1.54) is 12.8 Å². The lowest BCUT2D eigenvalue weighted by molar-refractivity contribution is 0.502. The lowest BCUT2D eigenvalue weighted by Gasteiger charge is -2.12. The summed E-state index contributed by atoms with van der Waals surface area (Å²) in [6.45, 7) is 4.07. The molecule has 1 unspecified atom stereocenters. The van der Waals surface area contributed by atoms with Crippen LogP contribution in [-0.4, -0.2) is 22.1 Å². The number of aryl methyl sites for hydroxylation is 1. The number of hydrogen-bond donors (Lipinski definition) is 1. The zero-order valence-corrected chi connectivity index (χ0v) is 8.51. The third-order valence-corrected chi connectivity index (χ3v) is 2.87. The van der Waals surface area contributed by atoms with E-state index in [-0.39, 0.29) is 0 Å². The molecule has 2 rings (SSSR count). The van der Waals surface area contributed by atoms with Gasteiger partial charge in [0.15, 0.2) is 0 Å². The Morgan fingerprint density at radius 1 is 1.77 bits per heavy atom. The van der Waals surface area contributed by atoms with Crippen molar-refractivity contribution in [1.82, 2.24) is 14.9 Å². The molecule has 4 heteroatoms. The quantitative estimate of drug-likeness (QED) is 0.784. The van der Waals surface area contributed by atoms with E-state index >= 15 is 0 Å². The van der Waals surface area contributed by atoms with Crippen LogP contribution in [0.25, 0.3) is 0 Å². The highest BCUT2D eigenvalue weighted by molar-refractivity contribution is 6.29. The van der Waals surface area contributed by atoms with Crippen molar-refractivity contribution < 1.29 is 0 Å². The van der Waals surface area contributed by atoms with Crippen molar-refractivity contribution in [3.05, 3.63) is 17.2 Å². The number of aromatic nitrogens is 2. The summed E-state index contributed by atoms with van der Waals surface area (Å²) in [5, 5.41) is 4.18. The molecule has 1 aromatic rings. The molecule has 0 spiro atoms. The van der Waals surface area contributed by atoms with Gasteiger partial charge in [0.2, 0.25) is 0 Å². The molecule has 1 atom stereocenters. The first-order valence-electron chi connectivity index (χ1n) is 4.68. The van der Waals surface area contributed by atoms with Gasteiger partial charge in [-0.05, 0) is 26.3 Å². The molecule has 13 heavy (non-hydrogen) atoms. The summed E-state index contributed by atoms with van der Waals surface area (Å²) in [5.41, 5.74) is 0. The second-order valence-electron chi connectivity index (χ2n) is 3.53. The Labute approximate surface area is 83.1 Å². The Hall–Kier alpha value is -0.540. The molecule has 0 aliphatic carbocycles. The number of imidazole rings is 1. The van der Waals surface area contributed by atoms with E-state index in [1.54, 1.807) is 6.20 Å². The van der Waals surface area contributed by atoms with Crippen LogP contribution < -0.4 is 5.32 Å². The molecule has 0 bridgehead atoms. The number of hydrogen-bond acceptors (Lipinski definition) is 2. The van der Waals surface area contributed by atoms with Gasteiger partial charge in [-0.25, -0.2) is 4.98 Å². The van der Waals surface area contributed by atoms with Gasteiger partial charge in [0.05, 0.1) is 6.20 Å². The van der Waals surface area contributed by atoms with Crippen molar-refractivity contribution >= 4 is 11.6 Å². The molecule has 1 aliphatic rings. The number of nitrogens with zero attached hydrogens (tertiary/aromatic N) is 2. The van der Waals surface area contributed by atoms with Gasteiger partial charge >= 0.3 is 0 Å². The van der Waals surface area contributed by atoms with E-state index in [0.717, 1.165) is 24.1 Å². The van der Waals surface area contributed by atoms with Crippen LogP contribution in [0.4, 0.5) is 0 Å². The number of halogens is 1. The average molecular weight is 200 g/mol. The summed E-state index contributed by atoms with van der Waals surface area (Å²) >= 11 is 6.00. The molecule has 3 nitrogen and oxygen atoms in total. The van der Waals surface area contributed by atoms with Crippen LogP contribution >= 0.6 is 11.6 Å². The molecule has 1 aliphatic heterocycles. The second kappa shape index (κ2) is 3.68. The Bertz CT molecular complexity index is 270. The monoisotopic (exact) mass is 199 g/mol. The van der Waals surface area contributed by atoms with Gasteiger partial charge in [-0.1, -0.05) is 11.6 Å². The van der Waals surface area contributed by atoms with Crippen molar-refractivity contribution in [3.8, 4) is 0 Å². The summed E-state index contributed by atoms with van der Waals surface area (Å²) < 4.78 is 2.06. The van der Waals surface area contributed by atoms with Crippen molar-refractivity contribution in [2.24, 2.45) is 0 Å². The van der Waals surface area contributed by atoms with Crippen LogP contribution in [0.2, 0.25) is 5.15 Å². The first-order valence-corrected chi connectivity index (χ1v) is 5.06. The summed E-state index contributed by atoms with van der Waals surface area (Å²) in [5.74, 6) is 0.999. The van der Waals surface area contributed by atoms with E-state index in [9.17, 15) is 0 Å². The van der Waals surface area contributed by atoms with Gasteiger partial charge in [-0.2, -0.15) is 0 Å². The maximum absolute atomic E-state index is 6.00. The zero-order chi connectivity index (χ0) is 9.26. The predicted molar refractivity (Wildman–Crippen MR) is 53.0 cm³/mol. The number of nitrogens with one attached hydrogen (secondary N) is 1. The zero-order valence-electron chi connectivity index (χ0n) is 7.76. The van der Waals surface area contributed by atoms with E-state index < -0.39 is 0 Å². The molecule has 1 N–H and O–H groups in total. The SMILES string of the molecule is Cc1ncc(Cl)n1CC1CCCN1. The molecule has 72 valence electrons. The highest BCUT2D eigenvalue weighted by atomic mass is 35.5. The normalized spacial score (nSPS) is 22.5. The Morgan fingerprint density at radius 2 is 2.62 bits per heavy atom. The average Bonchev–Trinajstić information content (AvgIpc) is 2.70. The molecule has 0 aromatic carbocycles. The molecule has 1 fully saturated rings. The van der Waals surface area contributed by atoms with Gasteiger partial charge in [0, 0.05) is 12.6 Å². The van der Waals surface area contributed by atoms with Gasteiger partial charge in [0.1, 0.15) is 11.0 Å². The van der Waals surface area contributed by atoms with Gasteiger partial charge in [-0.3, -0.25) is 0 Å². The standard InChI is InChI=1S/C9H14ClN3/c1-7-12-5-9(10)13(7)6-8-3-2-4-11-8/h5,8,11H,2-4,6H2,1H3. The molecule has 0 radical (unpaired) electrons. The maximum Gasteiger partial charge on any atom is 0.128 e. The van der Waals surface area contributed by atoms with E-state index in [2.05, 4.69) is 14.9 Å². The fraction of sp³-hybridized carbons (Fsp3) is 0.667. The van der Waals surface area contributed by atoms with Crippen LogP contribution in [0, 0.1) is 6.92 Å². The minimum Gasteiger partial charge on any atom is -0.318 e. The van der Waals surface area contributed by atoms with Crippen molar-refractivity contribution in [2.75, 3.05) is 6.54 Å². The van der Waals surface area contributed by atoms with Crippen molar-refractivity contribution in [3.63, 3.8) is 0 Å². The highest BCUT2D eigenvalue weighted by Gasteiger charge is 2.16. The van der Waals surface area contributed by atoms with Crippen LogP contribution in [0.1, 0.15) is 18.7 Å². The summed E-state index contributed by atoms with van der Waals surface area (Å²) in [6.07, 6.45) is 4.23. The topological polar surface area (TPSA) is 29.9 Å². The molecule has 0 amide bonds. The third-order valence-electron chi connectivity index (χ3n) is 2.57. The third kappa shape index (κ3) is 1.86. The minimum absolute atomic E-state index is 0.574. The number of rotatable bonds is 2. The molecule has 1 aromatic heterocycles. The van der Waals surface area contributed by atoms with Gasteiger partial charge < -0.3 is 9.88 Å². The smallest absolute Gasteiger partial charge is 0.128 e. The lowest BCUT2D eigenvalue weighted by atomic mass is 10.2. The van der Waals surface area contributed by atoms with Crippen molar-refractivity contribution in [2.45, 2.75) is 32.4 Å². The molecule has 2 heterocycles. The molecule has 1 saturated heterocycles. The van der Waals surface area contributed by atoms with Gasteiger partial charge in [-0.15, -0.1) is 0 Å². The molecular formula is C9H14ClN3. The van der Waals surface area contributed by atoms with E-state index in [4.69, 9.17) is 11.6 Å². The van der Waals surface area contributed by atoms with E-state index in [0.29, 0.717) is 6.04 Å². The van der Waals surface area contributed by atoms with Crippen molar-refractivity contribution in [1.29, 1.82) is 0 Å². The van der Waals surface area contributed by atoms with Crippen LogP contribution in [0.15, 0.2) is 6.20 Å². The fourth-order valence-corrected chi connectivity index (χ4v) is 2.03. The first kappa shape index (κ1) is 9.03. The lowest BCUT2D eigenvalue weighted by Crippen LogP contribution is -2.27. The molecule has 0 saturated carbocycles. The Kier molecular flexibility index (Phi) is 2.56. The van der Waals surface area contributed by atoms with E-state index in [1.807, 2.05) is 6.92 Å². The first-order chi connectivity index (χ1) is 6.27. The minimum atomic E-state index is 0.574. The summed E-state index contributed by atoms with van der Waals surface area (Å²) in [7, 11) is 0. The predicted octanol–water partition coefficient (Wildman–Crippen LogP) is 1.60. The largest absolute Gasteiger partial charge is 0.318 e. The van der Waals surface area contributed by atoms with Crippen LogP contribution in [-0.2, 0) is 6.54 Å². The highest BCUT2D eigenvalue weighted by Crippen LogP contribution is 2.14. The second-order valence-corrected chi connectivity index (χ2v) is 3.92. The fourth-order valence-electron chi connectivity index (χ4n) is 1.79. The molecular weight excluding hydrogens is 186 g/mol. The van der Waals surface area contributed by atoms with Gasteiger partial charge in [0.25, 0.3) is 0 Å². The summed E-state index contributed by atoms with van der Waals surface area (Å²) in [6, 6.07) is 0.574. The van der Waals surface area contributed by atoms with Crippen LogP contribution in [0.5, 0.6) is 0 Å². The summed E-state index contributed by atoms with van der Waals surface area (Å²) in [4.78, 5) is 4.16. The Morgan fingerprint density at radius 3 is 3.15 bits per heavy atom. The Balaban J connectivity index is 2.07. The maximum atomic E-state index is 6.00. The van der Waals surface area contributed by atoms with Crippen LogP contribution in [0.3, 0.4) is 0 Å².